The average molecular weight is 307 g/mol. The molecule has 0 saturated heterocycles. The molecule has 0 spiro atoms. The number of nitrogens with zero attached hydrogens (tertiary/aromatic N) is 1. The molecule has 0 bridgehead atoms. The summed E-state index contributed by atoms with van der Waals surface area (Å²) in [6, 6.07) is 0. The molecule has 0 aromatic carbocycles. The highest BCUT2D eigenvalue weighted by Crippen LogP contribution is 2.40. The molecule has 0 aliphatic heterocycles. The van der Waals surface area contributed by atoms with Crippen LogP contribution in [0.1, 0.15) is 16.1 Å². The molecule has 1 aromatic rings. The van der Waals surface area contributed by atoms with Crippen LogP contribution in [0.5, 0.6) is 5.75 Å². The molecule has 4 nitrogen and oxygen atoms in total. The van der Waals surface area contributed by atoms with Crippen LogP contribution in [0.2, 0.25) is 0 Å². The predicted molar refractivity (Wildman–Crippen MR) is 47.2 cm³/mol. The number of aromatic nitrogens is 1. The number of rotatable bonds is 2. The second-order valence-electron chi connectivity index (χ2n) is 3.20. The second-order valence-corrected chi connectivity index (χ2v) is 3.20. The number of methoxy groups -OCH3 is 1. The molecular formula is C9H4F7NO3. The van der Waals surface area contributed by atoms with E-state index in [-0.39, 0.29) is 6.20 Å². The third kappa shape index (κ3) is 3.48. The number of pyridine rings is 1. The highest BCUT2D eigenvalue weighted by molar-refractivity contribution is 5.87. The van der Waals surface area contributed by atoms with E-state index < -0.39 is 41.3 Å². The first-order valence-corrected chi connectivity index (χ1v) is 4.57. The fraction of sp³-hybridized carbons (Fsp3) is 0.333. The molecule has 0 unspecified atom stereocenters. The van der Waals surface area contributed by atoms with Crippen molar-refractivity contribution in [2.24, 2.45) is 0 Å². The molecule has 1 rings (SSSR count). The normalized spacial score (nSPS) is 12.2. The summed E-state index contributed by atoms with van der Waals surface area (Å²) in [5.74, 6) is -5.80. The minimum Gasteiger partial charge on any atom is -0.464 e. The van der Waals surface area contributed by atoms with Gasteiger partial charge in [-0.2, -0.15) is 13.2 Å². The first kappa shape index (κ1) is 16.0. The van der Waals surface area contributed by atoms with E-state index in [2.05, 4.69) is 14.5 Å². The zero-order chi connectivity index (χ0) is 15.7. The maximum atomic E-state index is 13.5. The third-order valence-electron chi connectivity index (χ3n) is 1.87. The van der Waals surface area contributed by atoms with Crippen LogP contribution in [-0.2, 0) is 10.9 Å². The predicted octanol–water partition coefficient (Wildman–Crippen LogP) is 2.92. The van der Waals surface area contributed by atoms with Gasteiger partial charge in [-0.15, -0.1) is 13.2 Å². The van der Waals surface area contributed by atoms with Gasteiger partial charge in [0.15, 0.2) is 17.3 Å². The van der Waals surface area contributed by atoms with Crippen molar-refractivity contribution in [3.63, 3.8) is 0 Å². The zero-order valence-corrected chi connectivity index (χ0v) is 9.40. The van der Waals surface area contributed by atoms with Crippen LogP contribution in [0.4, 0.5) is 30.7 Å². The summed E-state index contributed by atoms with van der Waals surface area (Å²) >= 11 is 0. The van der Waals surface area contributed by atoms with Crippen molar-refractivity contribution < 1.29 is 45.0 Å². The van der Waals surface area contributed by atoms with Gasteiger partial charge >= 0.3 is 18.5 Å². The van der Waals surface area contributed by atoms with E-state index in [0.29, 0.717) is 0 Å². The highest BCUT2D eigenvalue weighted by atomic mass is 19.4. The molecule has 20 heavy (non-hydrogen) atoms. The molecular weight excluding hydrogens is 303 g/mol. The standard InChI is InChI=1S/C9H4F7NO3/c1-19-7(18)6-5(10)4(8(11,12)13)3(2-17-6)20-9(14,15)16/h2H,1H3. The summed E-state index contributed by atoms with van der Waals surface area (Å²) < 4.78 is 94.0. The summed E-state index contributed by atoms with van der Waals surface area (Å²) in [4.78, 5) is 13.8. The molecule has 0 aliphatic carbocycles. The fourth-order valence-electron chi connectivity index (χ4n) is 1.18. The molecule has 0 N–H and O–H groups in total. The first-order valence-electron chi connectivity index (χ1n) is 4.57. The molecule has 1 aromatic heterocycles. The molecule has 0 atom stereocenters. The van der Waals surface area contributed by atoms with Gasteiger partial charge in [-0.1, -0.05) is 0 Å². The highest BCUT2D eigenvalue weighted by Gasteiger charge is 2.44. The molecule has 11 heteroatoms. The van der Waals surface area contributed by atoms with Gasteiger partial charge in [0.2, 0.25) is 0 Å². The van der Waals surface area contributed by atoms with E-state index in [1.54, 1.807) is 0 Å². The van der Waals surface area contributed by atoms with Crippen LogP contribution in [0, 0.1) is 5.82 Å². The van der Waals surface area contributed by atoms with Crippen molar-refractivity contribution in [2.45, 2.75) is 12.5 Å². The molecule has 1 heterocycles. The molecule has 0 aliphatic rings. The van der Waals surface area contributed by atoms with Crippen molar-refractivity contribution in [1.82, 2.24) is 4.98 Å². The van der Waals surface area contributed by atoms with Crippen LogP contribution in [0.3, 0.4) is 0 Å². The van der Waals surface area contributed by atoms with E-state index in [4.69, 9.17) is 0 Å². The lowest BCUT2D eigenvalue weighted by atomic mass is 10.2. The molecule has 0 fully saturated rings. The molecule has 0 amide bonds. The second kappa shape index (κ2) is 5.13. The number of esters is 1. The number of ether oxygens (including phenoxy) is 2. The molecule has 112 valence electrons. The lowest BCUT2D eigenvalue weighted by molar-refractivity contribution is -0.276. The van der Waals surface area contributed by atoms with Crippen molar-refractivity contribution in [3.8, 4) is 5.75 Å². The van der Waals surface area contributed by atoms with Crippen LogP contribution in [0.25, 0.3) is 0 Å². The van der Waals surface area contributed by atoms with E-state index >= 15 is 0 Å². The fourth-order valence-corrected chi connectivity index (χ4v) is 1.18. The first-order chi connectivity index (χ1) is 8.97. The van der Waals surface area contributed by atoms with Crippen molar-refractivity contribution >= 4 is 5.97 Å². The summed E-state index contributed by atoms with van der Waals surface area (Å²) in [5, 5.41) is 0. The zero-order valence-electron chi connectivity index (χ0n) is 9.40. The topological polar surface area (TPSA) is 48.4 Å². The van der Waals surface area contributed by atoms with Crippen LogP contribution >= 0.6 is 0 Å². The number of carbonyl (C=O) groups is 1. The van der Waals surface area contributed by atoms with Crippen molar-refractivity contribution in [1.29, 1.82) is 0 Å². The van der Waals surface area contributed by atoms with E-state index in [9.17, 15) is 35.5 Å². The SMILES string of the molecule is COC(=O)c1ncc(OC(F)(F)F)c(C(F)(F)F)c1F. The van der Waals surface area contributed by atoms with Gasteiger partial charge in [0.05, 0.1) is 13.3 Å². The van der Waals surface area contributed by atoms with E-state index in [0.717, 1.165) is 7.11 Å². The number of hydrogen-bond acceptors (Lipinski definition) is 4. The Hall–Kier alpha value is -2.07. The Morgan fingerprint density at radius 1 is 1.20 bits per heavy atom. The van der Waals surface area contributed by atoms with Gasteiger partial charge in [0.25, 0.3) is 0 Å². The lowest BCUT2D eigenvalue weighted by Crippen LogP contribution is -2.23. The Bertz CT molecular complexity index is 523. The summed E-state index contributed by atoms with van der Waals surface area (Å²) in [7, 11) is 0.733. The molecule has 0 radical (unpaired) electrons. The number of carbonyl (C=O) groups excluding carboxylic acids is 1. The van der Waals surface area contributed by atoms with Crippen LogP contribution in [-0.4, -0.2) is 24.4 Å². The van der Waals surface area contributed by atoms with Crippen LogP contribution in [0.15, 0.2) is 6.20 Å². The monoisotopic (exact) mass is 307 g/mol. The van der Waals surface area contributed by atoms with Gasteiger partial charge in [0, 0.05) is 0 Å². The van der Waals surface area contributed by atoms with Gasteiger partial charge in [-0.3, -0.25) is 0 Å². The smallest absolute Gasteiger partial charge is 0.464 e. The van der Waals surface area contributed by atoms with Crippen molar-refractivity contribution in [2.75, 3.05) is 7.11 Å². The number of alkyl halides is 6. The lowest BCUT2D eigenvalue weighted by Gasteiger charge is -2.16. The minimum atomic E-state index is -5.53. The number of halogens is 7. The Morgan fingerprint density at radius 3 is 2.15 bits per heavy atom. The average Bonchev–Trinajstić information content (AvgIpc) is 2.24. The van der Waals surface area contributed by atoms with Crippen molar-refractivity contribution in [3.05, 3.63) is 23.3 Å². The van der Waals surface area contributed by atoms with E-state index in [1.807, 2.05) is 0 Å². The maximum absolute atomic E-state index is 13.5. The summed E-state index contributed by atoms with van der Waals surface area (Å²) in [6.45, 7) is 0. The van der Waals surface area contributed by atoms with Crippen LogP contribution < -0.4 is 4.74 Å². The third-order valence-corrected chi connectivity index (χ3v) is 1.87. The molecule has 0 saturated carbocycles. The Labute approximate surface area is 106 Å². The minimum absolute atomic E-state index is 0.0638. The van der Waals surface area contributed by atoms with Gasteiger partial charge in [-0.25, -0.2) is 14.2 Å². The Morgan fingerprint density at radius 2 is 1.75 bits per heavy atom. The van der Waals surface area contributed by atoms with E-state index in [1.165, 1.54) is 0 Å². The van der Waals surface area contributed by atoms with Gasteiger partial charge < -0.3 is 9.47 Å². The van der Waals surface area contributed by atoms with Gasteiger partial charge in [0.1, 0.15) is 5.56 Å². The summed E-state index contributed by atoms with van der Waals surface area (Å²) in [6.07, 6.45) is -11.1. The number of hydrogen-bond donors (Lipinski definition) is 0. The maximum Gasteiger partial charge on any atom is 0.573 e. The largest absolute Gasteiger partial charge is 0.573 e. The summed E-state index contributed by atoms with van der Waals surface area (Å²) in [5.41, 5.74) is -3.81. The Balaban J connectivity index is 3.49. The quantitative estimate of drug-likeness (QED) is 0.622. The van der Waals surface area contributed by atoms with Gasteiger partial charge in [-0.05, 0) is 0 Å². The Kier molecular flexibility index (Phi) is 4.10.